The molecule has 22 heavy (non-hydrogen) atoms. The quantitative estimate of drug-likeness (QED) is 0.797. The number of nitriles is 1. The summed E-state index contributed by atoms with van der Waals surface area (Å²) in [5.74, 6) is 0. The van der Waals surface area contributed by atoms with Gasteiger partial charge >= 0.3 is 0 Å². The zero-order chi connectivity index (χ0) is 15.7. The molecule has 118 valence electrons. The number of ether oxygens (including phenoxy) is 2. The molecule has 0 N–H and O–H groups in total. The molecule has 0 bridgehead atoms. The van der Waals surface area contributed by atoms with Crippen molar-refractivity contribution in [3.8, 4) is 6.07 Å². The van der Waals surface area contributed by atoms with Crippen LogP contribution in [0, 0.1) is 18.3 Å². The second-order valence-electron chi connectivity index (χ2n) is 6.58. The molecule has 3 rings (SSSR count). The van der Waals surface area contributed by atoms with E-state index in [0.717, 1.165) is 43.9 Å². The Morgan fingerprint density at radius 2 is 2.23 bits per heavy atom. The molecular formula is C17H23N3O2. The van der Waals surface area contributed by atoms with Crippen molar-refractivity contribution >= 4 is 5.69 Å². The summed E-state index contributed by atoms with van der Waals surface area (Å²) in [6.07, 6.45) is 3.84. The van der Waals surface area contributed by atoms with Crippen LogP contribution in [-0.4, -0.2) is 42.5 Å². The number of aryl methyl sites for hydroxylation is 1. The summed E-state index contributed by atoms with van der Waals surface area (Å²) in [6.45, 7) is 8.51. The van der Waals surface area contributed by atoms with Crippen molar-refractivity contribution in [2.75, 3.05) is 24.6 Å². The summed E-state index contributed by atoms with van der Waals surface area (Å²) in [5, 5.41) is 9.38. The van der Waals surface area contributed by atoms with Crippen LogP contribution >= 0.6 is 0 Å². The highest BCUT2D eigenvalue weighted by Crippen LogP contribution is 2.36. The van der Waals surface area contributed by atoms with Crippen LogP contribution in [0.5, 0.6) is 0 Å². The van der Waals surface area contributed by atoms with Gasteiger partial charge in [-0.1, -0.05) is 0 Å². The highest BCUT2D eigenvalue weighted by Gasteiger charge is 2.43. The largest absolute Gasteiger partial charge is 0.378 e. The van der Waals surface area contributed by atoms with Gasteiger partial charge in [0.2, 0.25) is 0 Å². The molecule has 1 aromatic rings. The van der Waals surface area contributed by atoms with E-state index in [4.69, 9.17) is 9.47 Å². The average Bonchev–Trinajstić information content (AvgIpc) is 2.46. The monoisotopic (exact) mass is 301 g/mol. The van der Waals surface area contributed by atoms with Crippen LogP contribution < -0.4 is 4.90 Å². The smallest absolute Gasteiger partial charge is 0.103 e. The lowest BCUT2D eigenvalue weighted by Gasteiger charge is -2.49. The molecule has 0 aromatic carbocycles. The minimum Gasteiger partial charge on any atom is -0.378 e. The Morgan fingerprint density at radius 3 is 2.95 bits per heavy atom. The Balaban J connectivity index is 1.91. The van der Waals surface area contributed by atoms with E-state index in [-0.39, 0.29) is 17.8 Å². The van der Waals surface area contributed by atoms with Gasteiger partial charge < -0.3 is 14.4 Å². The van der Waals surface area contributed by atoms with Gasteiger partial charge in [0.15, 0.2) is 0 Å². The van der Waals surface area contributed by atoms with Gasteiger partial charge in [0, 0.05) is 44.4 Å². The van der Waals surface area contributed by atoms with Crippen molar-refractivity contribution in [3.05, 3.63) is 23.5 Å². The fraction of sp³-hybridized carbons (Fsp3) is 0.647. The molecule has 3 atom stereocenters. The molecule has 0 aliphatic carbocycles. The topological polar surface area (TPSA) is 58.4 Å². The van der Waals surface area contributed by atoms with Crippen molar-refractivity contribution in [2.24, 2.45) is 0 Å². The van der Waals surface area contributed by atoms with Gasteiger partial charge in [-0.3, -0.25) is 4.98 Å². The van der Waals surface area contributed by atoms with E-state index in [1.165, 1.54) is 0 Å². The maximum atomic E-state index is 9.38. The van der Waals surface area contributed by atoms with Crippen molar-refractivity contribution in [1.29, 1.82) is 5.26 Å². The summed E-state index contributed by atoms with van der Waals surface area (Å²) < 4.78 is 12.0. The summed E-state index contributed by atoms with van der Waals surface area (Å²) in [5.41, 5.74) is 2.38. The molecule has 0 unspecified atom stereocenters. The van der Waals surface area contributed by atoms with E-state index in [9.17, 15) is 5.26 Å². The predicted molar refractivity (Wildman–Crippen MR) is 83.8 cm³/mol. The van der Waals surface area contributed by atoms with Gasteiger partial charge in [-0.25, -0.2) is 0 Å². The summed E-state index contributed by atoms with van der Waals surface area (Å²) in [6, 6.07) is 4.27. The molecular weight excluding hydrogens is 278 g/mol. The number of pyridine rings is 1. The zero-order valence-corrected chi connectivity index (χ0v) is 13.5. The van der Waals surface area contributed by atoms with E-state index in [2.05, 4.69) is 29.8 Å². The lowest BCUT2D eigenvalue weighted by Crippen LogP contribution is -2.58. The van der Waals surface area contributed by atoms with Crippen molar-refractivity contribution in [2.45, 2.75) is 51.4 Å². The molecule has 5 heteroatoms. The molecule has 0 amide bonds. The second kappa shape index (κ2) is 5.86. The first-order chi connectivity index (χ1) is 10.5. The van der Waals surface area contributed by atoms with Gasteiger partial charge in [0.05, 0.1) is 29.1 Å². The predicted octanol–water partition coefficient (Wildman–Crippen LogP) is 2.42. The van der Waals surface area contributed by atoms with Crippen molar-refractivity contribution in [3.63, 3.8) is 0 Å². The molecule has 1 spiro atoms. The standard InChI is InChI=1S/C17H23N3O2/c1-12-6-16(15(8-18)9-19-12)20-10-14(3)22-17(11-20)4-5-21-13(2)7-17/h6,9,13-14H,4-5,7,10-11H2,1-3H3/t13-,14-,17+/m0/s1. The van der Waals surface area contributed by atoms with Crippen LogP contribution in [0.15, 0.2) is 12.3 Å². The Kier molecular flexibility index (Phi) is 4.07. The van der Waals surface area contributed by atoms with Gasteiger partial charge in [-0.15, -0.1) is 0 Å². The van der Waals surface area contributed by atoms with Gasteiger partial charge in [0.25, 0.3) is 0 Å². The van der Waals surface area contributed by atoms with Crippen LogP contribution in [-0.2, 0) is 9.47 Å². The van der Waals surface area contributed by atoms with E-state index in [1.54, 1.807) is 6.20 Å². The molecule has 0 saturated carbocycles. The number of anilines is 1. The molecule has 2 saturated heterocycles. The van der Waals surface area contributed by atoms with E-state index in [1.807, 2.05) is 13.0 Å². The minimum absolute atomic E-state index is 0.138. The van der Waals surface area contributed by atoms with Gasteiger partial charge in [0.1, 0.15) is 6.07 Å². The minimum atomic E-state index is -0.167. The fourth-order valence-electron chi connectivity index (χ4n) is 3.68. The summed E-state index contributed by atoms with van der Waals surface area (Å²) >= 11 is 0. The number of hydrogen-bond acceptors (Lipinski definition) is 5. The molecule has 3 heterocycles. The molecule has 2 fully saturated rings. The van der Waals surface area contributed by atoms with E-state index < -0.39 is 0 Å². The van der Waals surface area contributed by atoms with Crippen LogP contribution in [0.3, 0.4) is 0 Å². The van der Waals surface area contributed by atoms with Crippen LogP contribution in [0.25, 0.3) is 0 Å². The number of nitrogens with zero attached hydrogens (tertiary/aromatic N) is 3. The second-order valence-corrected chi connectivity index (χ2v) is 6.58. The third kappa shape index (κ3) is 2.94. The summed E-state index contributed by atoms with van der Waals surface area (Å²) in [4.78, 5) is 6.53. The summed E-state index contributed by atoms with van der Waals surface area (Å²) in [7, 11) is 0. The Labute approximate surface area is 131 Å². The highest BCUT2D eigenvalue weighted by molar-refractivity contribution is 5.59. The zero-order valence-electron chi connectivity index (χ0n) is 13.5. The SMILES string of the molecule is Cc1cc(N2C[C@H](C)O[C@@]3(CCO[C@@H](C)C3)C2)c(C#N)cn1. The average molecular weight is 301 g/mol. The molecule has 2 aliphatic heterocycles. The van der Waals surface area contributed by atoms with Gasteiger partial charge in [-0.05, 0) is 26.8 Å². The van der Waals surface area contributed by atoms with E-state index >= 15 is 0 Å². The van der Waals surface area contributed by atoms with Crippen LogP contribution in [0.2, 0.25) is 0 Å². The third-order valence-electron chi connectivity index (χ3n) is 4.51. The lowest BCUT2D eigenvalue weighted by atomic mass is 9.88. The number of hydrogen-bond donors (Lipinski definition) is 0. The number of morpholine rings is 1. The molecule has 5 nitrogen and oxygen atoms in total. The van der Waals surface area contributed by atoms with Crippen molar-refractivity contribution < 1.29 is 9.47 Å². The first kappa shape index (κ1) is 15.3. The Morgan fingerprint density at radius 1 is 1.41 bits per heavy atom. The number of aromatic nitrogens is 1. The molecule has 2 aliphatic rings. The molecule has 1 aromatic heterocycles. The number of rotatable bonds is 1. The maximum Gasteiger partial charge on any atom is 0.103 e. The first-order valence-corrected chi connectivity index (χ1v) is 7.92. The highest BCUT2D eigenvalue weighted by atomic mass is 16.5. The Bertz CT molecular complexity index is 594. The van der Waals surface area contributed by atoms with Crippen LogP contribution in [0.1, 0.15) is 37.9 Å². The normalized spacial score (nSPS) is 32.0. The van der Waals surface area contributed by atoms with Gasteiger partial charge in [-0.2, -0.15) is 5.26 Å². The maximum absolute atomic E-state index is 9.38. The lowest BCUT2D eigenvalue weighted by molar-refractivity contribution is -0.163. The van der Waals surface area contributed by atoms with Crippen molar-refractivity contribution in [1.82, 2.24) is 4.98 Å². The van der Waals surface area contributed by atoms with Crippen LogP contribution in [0.4, 0.5) is 5.69 Å². The third-order valence-corrected chi connectivity index (χ3v) is 4.51. The Hall–Kier alpha value is -1.64. The first-order valence-electron chi connectivity index (χ1n) is 7.92. The van der Waals surface area contributed by atoms with E-state index in [0.29, 0.717) is 5.56 Å². The molecule has 0 radical (unpaired) electrons. The fourth-order valence-corrected chi connectivity index (χ4v) is 3.68.